The topological polar surface area (TPSA) is 209 Å². The first-order chi connectivity index (χ1) is 10.2. The fraction of sp³-hybridized carbons (Fsp3) is 0.667. The summed E-state index contributed by atoms with van der Waals surface area (Å²) in [5.41, 5.74) is 0. The third-order valence-electron chi connectivity index (χ3n) is 2.29. The summed E-state index contributed by atoms with van der Waals surface area (Å²) in [5, 5.41) is 35.9. The van der Waals surface area contributed by atoms with Crippen molar-refractivity contribution < 1.29 is 39.7 Å². The smallest absolute Gasteiger partial charge is 0.295 e. The molecule has 0 bridgehead atoms. The molecule has 0 aromatic carbocycles. The van der Waals surface area contributed by atoms with Crippen molar-refractivity contribution in [2.24, 2.45) is 0 Å². The largest absolute Gasteiger partial charge is 0.305 e. The zero-order valence-corrected chi connectivity index (χ0v) is 10.2. The summed E-state index contributed by atoms with van der Waals surface area (Å²) in [6.45, 7) is 0. The van der Waals surface area contributed by atoms with E-state index in [1.165, 1.54) is 0 Å². The molecule has 1 aliphatic rings. The van der Waals surface area contributed by atoms with Gasteiger partial charge in [-0.15, -0.1) is 40.5 Å². The van der Waals surface area contributed by atoms with Gasteiger partial charge in [-0.1, -0.05) is 12.2 Å². The van der Waals surface area contributed by atoms with E-state index in [-0.39, 0.29) is 0 Å². The van der Waals surface area contributed by atoms with E-state index in [4.69, 9.17) is 0 Å². The Morgan fingerprint density at radius 2 is 0.864 bits per heavy atom. The van der Waals surface area contributed by atoms with E-state index in [9.17, 15) is 40.5 Å². The maximum atomic E-state index is 10.4. The van der Waals surface area contributed by atoms with Crippen LogP contribution >= 0.6 is 0 Å². The predicted octanol–water partition coefficient (Wildman–Crippen LogP) is -1.14. The lowest BCUT2D eigenvalue weighted by Gasteiger charge is -2.33. The molecule has 4 atom stereocenters. The van der Waals surface area contributed by atoms with Gasteiger partial charge in [-0.25, -0.2) is 0 Å². The maximum Gasteiger partial charge on any atom is 0.295 e. The van der Waals surface area contributed by atoms with Gasteiger partial charge in [0.1, 0.15) is 0 Å². The minimum Gasteiger partial charge on any atom is -0.305 e. The van der Waals surface area contributed by atoms with Gasteiger partial charge < -0.3 is 19.4 Å². The summed E-state index contributed by atoms with van der Waals surface area (Å²) in [5.74, 6) is 0. The van der Waals surface area contributed by atoms with E-state index in [2.05, 4.69) is 19.4 Å². The normalized spacial score (nSPS) is 26.5. The first kappa shape index (κ1) is 16.6. The molecule has 0 aromatic rings. The lowest BCUT2D eigenvalue weighted by molar-refractivity contribution is -0.825. The molecule has 0 saturated carbocycles. The summed E-state index contributed by atoms with van der Waals surface area (Å²) in [6.07, 6.45) is -6.11. The molecule has 16 heteroatoms. The molecule has 0 aliphatic heterocycles. The second kappa shape index (κ2) is 6.81. The standard InChI is InChI=1S/C6H6N4O12/c11-7(12)19-3-1-2-4(20-8(13)14)6(22-10(17)18)5(3)21-9(15)16/h1-6H. The Bertz CT molecular complexity index is 462. The van der Waals surface area contributed by atoms with Gasteiger partial charge in [0.25, 0.3) is 20.3 Å². The van der Waals surface area contributed by atoms with Crippen molar-refractivity contribution in [3.05, 3.63) is 52.6 Å². The van der Waals surface area contributed by atoms with E-state index in [1.54, 1.807) is 0 Å². The third kappa shape index (κ3) is 4.58. The second-order valence-corrected chi connectivity index (χ2v) is 3.56. The summed E-state index contributed by atoms with van der Waals surface area (Å²) in [6, 6.07) is 0. The van der Waals surface area contributed by atoms with Crippen LogP contribution in [0.3, 0.4) is 0 Å². The van der Waals surface area contributed by atoms with Crippen molar-refractivity contribution in [1.82, 2.24) is 0 Å². The van der Waals surface area contributed by atoms with Gasteiger partial charge in [-0.05, 0) is 0 Å². The SMILES string of the molecule is O=[N+]([O-])OC1C=CC(O[N+](=O)[O-])C(O[N+](=O)[O-])C1O[N+](=O)[O-]. The van der Waals surface area contributed by atoms with E-state index in [0.29, 0.717) is 0 Å². The van der Waals surface area contributed by atoms with Gasteiger partial charge in [-0.2, -0.15) is 0 Å². The van der Waals surface area contributed by atoms with Crippen LogP contribution in [-0.4, -0.2) is 44.8 Å². The molecule has 122 valence electrons. The Kier molecular flexibility index (Phi) is 5.14. The Hall–Kier alpha value is -3.46. The average Bonchev–Trinajstić information content (AvgIpc) is 2.34. The predicted molar refractivity (Wildman–Crippen MR) is 56.6 cm³/mol. The Labute approximate surface area is 118 Å². The van der Waals surface area contributed by atoms with E-state index in [0.717, 1.165) is 12.2 Å². The van der Waals surface area contributed by atoms with Crippen molar-refractivity contribution in [2.45, 2.75) is 24.4 Å². The first-order valence-electron chi connectivity index (χ1n) is 5.13. The molecule has 0 N–H and O–H groups in total. The number of hydrogen-bond acceptors (Lipinski definition) is 12. The number of nitrogens with zero attached hydrogens (tertiary/aromatic N) is 4. The molecular formula is C6H6N4O12. The molecule has 0 heterocycles. The summed E-state index contributed by atoms with van der Waals surface area (Å²) >= 11 is 0. The molecule has 0 saturated heterocycles. The molecule has 0 aromatic heterocycles. The third-order valence-corrected chi connectivity index (χ3v) is 2.29. The zero-order chi connectivity index (χ0) is 16.9. The van der Waals surface area contributed by atoms with E-state index in [1.807, 2.05) is 0 Å². The van der Waals surface area contributed by atoms with Crippen LogP contribution in [0, 0.1) is 40.5 Å². The monoisotopic (exact) mass is 326 g/mol. The highest BCUT2D eigenvalue weighted by Gasteiger charge is 2.45. The summed E-state index contributed by atoms with van der Waals surface area (Å²) < 4.78 is 0. The fourth-order valence-corrected chi connectivity index (χ4v) is 1.64. The average molecular weight is 326 g/mol. The molecule has 1 aliphatic carbocycles. The molecule has 0 radical (unpaired) electrons. The van der Waals surface area contributed by atoms with Crippen molar-refractivity contribution in [3.8, 4) is 0 Å². The van der Waals surface area contributed by atoms with Crippen LogP contribution in [0.5, 0.6) is 0 Å². The Balaban J connectivity index is 3.11. The number of hydrogen-bond donors (Lipinski definition) is 0. The molecule has 1 rings (SSSR count). The summed E-state index contributed by atoms with van der Waals surface area (Å²) in [4.78, 5) is 57.6. The highest BCUT2D eigenvalue weighted by molar-refractivity contribution is 5.09. The maximum absolute atomic E-state index is 10.4. The van der Waals surface area contributed by atoms with Gasteiger partial charge >= 0.3 is 0 Å². The van der Waals surface area contributed by atoms with Gasteiger partial charge in [0, 0.05) is 0 Å². The molecule has 0 amide bonds. The van der Waals surface area contributed by atoms with Crippen LogP contribution in [-0.2, 0) is 19.4 Å². The van der Waals surface area contributed by atoms with Gasteiger partial charge in [0.15, 0.2) is 24.4 Å². The molecule has 16 nitrogen and oxygen atoms in total. The molecule has 0 spiro atoms. The van der Waals surface area contributed by atoms with Crippen LogP contribution in [0.2, 0.25) is 0 Å². The minimum absolute atomic E-state index is 0.783. The van der Waals surface area contributed by atoms with Gasteiger partial charge in [0.2, 0.25) is 0 Å². The summed E-state index contributed by atoms with van der Waals surface area (Å²) in [7, 11) is 0. The van der Waals surface area contributed by atoms with Crippen molar-refractivity contribution in [2.75, 3.05) is 0 Å². The van der Waals surface area contributed by atoms with Crippen LogP contribution in [0.1, 0.15) is 0 Å². The number of rotatable bonds is 8. The van der Waals surface area contributed by atoms with Gasteiger partial charge in [0.05, 0.1) is 0 Å². The van der Waals surface area contributed by atoms with Crippen molar-refractivity contribution >= 4 is 0 Å². The molecule has 22 heavy (non-hydrogen) atoms. The van der Waals surface area contributed by atoms with Crippen LogP contribution < -0.4 is 0 Å². The fourth-order valence-electron chi connectivity index (χ4n) is 1.64. The highest BCUT2D eigenvalue weighted by atomic mass is 17.0. The van der Waals surface area contributed by atoms with Crippen molar-refractivity contribution in [1.29, 1.82) is 0 Å². The highest BCUT2D eigenvalue weighted by Crippen LogP contribution is 2.24. The lowest BCUT2D eigenvalue weighted by Crippen LogP contribution is -2.53. The second-order valence-electron chi connectivity index (χ2n) is 3.56. The van der Waals surface area contributed by atoms with Crippen LogP contribution in [0.15, 0.2) is 12.2 Å². The van der Waals surface area contributed by atoms with E-state index < -0.39 is 44.8 Å². The quantitative estimate of drug-likeness (QED) is 0.294. The van der Waals surface area contributed by atoms with Crippen LogP contribution in [0.4, 0.5) is 0 Å². The zero-order valence-electron chi connectivity index (χ0n) is 10.2. The molecule has 4 unspecified atom stereocenters. The molecular weight excluding hydrogens is 320 g/mol. The van der Waals surface area contributed by atoms with E-state index >= 15 is 0 Å². The minimum atomic E-state index is -2.05. The Morgan fingerprint density at radius 3 is 1.09 bits per heavy atom. The first-order valence-corrected chi connectivity index (χ1v) is 5.13. The van der Waals surface area contributed by atoms with Gasteiger partial charge in [-0.3, -0.25) is 0 Å². The lowest BCUT2D eigenvalue weighted by atomic mass is 9.96. The van der Waals surface area contributed by atoms with Crippen LogP contribution in [0.25, 0.3) is 0 Å². The van der Waals surface area contributed by atoms with Crippen molar-refractivity contribution in [3.63, 3.8) is 0 Å². The Morgan fingerprint density at radius 1 is 0.591 bits per heavy atom. The molecule has 0 fully saturated rings.